The molecule has 0 heterocycles. The average Bonchev–Trinajstić information content (AvgIpc) is 3.14. The third-order valence-corrected chi connectivity index (χ3v) is 11.5. The molecule has 0 amide bonds. The van der Waals surface area contributed by atoms with E-state index in [1.807, 2.05) is 24.3 Å². The summed E-state index contributed by atoms with van der Waals surface area (Å²) in [4.78, 5) is 16.1. The number of unbranched alkanes of at least 4 members (excludes halogenated alkanes) is 1. The molecule has 0 aromatic heterocycles. The van der Waals surface area contributed by atoms with Crippen molar-refractivity contribution in [1.29, 1.82) is 0 Å². The van der Waals surface area contributed by atoms with Gasteiger partial charge in [-0.1, -0.05) is 108 Å². The fourth-order valence-electron chi connectivity index (χ4n) is 8.05. The van der Waals surface area contributed by atoms with Crippen LogP contribution in [-0.2, 0) is 4.79 Å². The molecule has 2 unspecified atom stereocenters. The molecule has 0 saturated heterocycles. The van der Waals surface area contributed by atoms with Gasteiger partial charge in [-0.3, -0.25) is 4.79 Å². The Balaban J connectivity index is 1.39. The van der Waals surface area contributed by atoms with Crippen molar-refractivity contribution in [2.45, 2.75) is 114 Å². The van der Waals surface area contributed by atoms with Gasteiger partial charge >= 0.3 is 0 Å². The Labute approximate surface area is 326 Å². The van der Waals surface area contributed by atoms with E-state index in [0.29, 0.717) is 23.0 Å². The first-order chi connectivity index (χ1) is 25.9. The number of Topliss-reactive ketones (excluding diaryl/α,β-unsaturated/α-hetero) is 1. The second-order valence-electron chi connectivity index (χ2n) is 16.5. The van der Waals surface area contributed by atoms with Gasteiger partial charge in [0.25, 0.3) is 0 Å². The SMILES string of the molecule is CCCCC(CC)C[N+](=C1C=CC(=C2C(=O)C(c3ccc(N(CCC(C)CCCC(C)C)c4ccc(C)cc4C)cc3)=C2O)C=C1)c1ccc(C)cc1C. The van der Waals surface area contributed by atoms with Gasteiger partial charge in [-0.05, 0) is 112 Å². The standard InChI is InChI=1S/C50H64N2O2/c1-10-12-16-40(11-2)33-52(46-28-18-37(7)32-39(46)9)44-25-21-42(22-26-44)48-49(53)47(50(48)54)41-19-23-43(24-20-41)51(45-27-17-36(6)31-38(45)8)30-29-35(5)15-13-14-34(3)4/h17-28,31-32,34-35,40H,10-16,29-30,33H2,1-9H3/p+1. The third kappa shape index (κ3) is 9.80. The van der Waals surface area contributed by atoms with E-state index in [-0.39, 0.29) is 11.5 Å². The van der Waals surface area contributed by atoms with E-state index in [0.717, 1.165) is 54.4 Å². The largest absolute Gasteiger partial charge is 0.506 e. The molecule has 1 N–H and O–H groups in total. The molecule has 4 heteroatoms. The van der Waals surface area contributed by atoms with Crippen LogP contribution >= 0.6 is 0 Å². The summed E-state index contributed by atoms with van der Waals surface area (Å²) in [5, 5.41) is 11.4. The number of rotatable bonds is 17. The lowest BCUT2D eigenvalue weighted by Gasteiger charge is -2.29. The Hall–Kier alpha value is -4.44. The predicted octanol–water partition coefficient (Wildman–Crippen LogP) is 13.2. The minimum atomic E-state index is -0.105. The summed E-state index contributed by atoms with van der Waals surface area (Å²) in [5.74, 6) is 1.95. The summed E-state index contributed by atoms with van der Waals surface area (Å²) in [6.07, 6.45) is 17.9. The van der Waals surface area contributed by atoms with Crippen LogP contribution in [0.4, 0.5) is 17.1 Å². The maximum atomic E-state index is 13.7. The average molecular weight is 726 g/mol. The highest BCUT2D eigenvalue weighted by Gasteiger charge is 2.37. The summed E-state index contributed by atoms with van der Waals surface area (Å²) in [6.45, 7) is 22.1. The molecule has 4 nitrogen and oxygen atoms in total. The first-order valence-electron chi connectivity index (χ1n) is 20.7. The summed E-state index contributed by atoms with van der Waals surface area (Å²) in [7, 11) is 0. The number of hydrogen-bond donors (Lipinski definition) is 1. The fourth-order valence-corrected chi connectivity index (χ4v) is 8.05. The molecule has 0 saturated carbocycles. The van der Waals surface area contributed by atoms with Crippen molar-refractivity contribution in [3.8, 4) is 0 Å². The second-order valence-corrected chi connectivity index (χ2v) is 16.5. The highest BCUT2D eigenvalue weighted by Crippen LogP contribution is 2.40. The number of aryl methyl sites for hydroxylation is 4. The van der Waals surface area contributed by atoms with E-state index < -0.39 is 0 Å². The van der Waals surface area contributed by atoms with Gasteiger partial charge in [0.15, 0.2) is 6.54 Å². The van der Waals surface area contributed by atoms with Crippen LogP contribution in [0, 0.1) is 45.4 Å². The van der Waals surface area contributed by atoms with Gasteiger partial charge in [0.1, 0.15) is 5.76 Å². The van der Waals surface area contributed by atoms with Crippen molar-refractivity contribution in [3.63, 3.8) is 0 Å². The lowest BCUT2D eigenvalue weighted by atomic mass is 9.80. The van der Waals surface area contributed by atoms with E-state index in [1.165, 1.54) is 72.2 Å². The quantitative estimate of drug-likeness (QED) is 0.111. The molecule has 286 valence electrons. The van der Waals surface area contributed by atoms with Crippen LogP contribution in [0.2, 0.25) is 0 Å². The Kier molecular flexibility index (Phi) is 14.1. The molecular weight excluding hydrogens is 661 g/mol. The number of aliphatic hydroxyl groups is 1. The van der Waals surface area contributed by atoms with Crippen LogP contribution in [0.3, 0.4) is 0 Å². The molecule has 3 aromatic carbocycles. The van der Waals surface area contributed by atoms with Crippen molar-refractivity contribution in [1.82, 2.24) is 0 Å². The van der Waals surface area contributed by atoms with Gasteiger partial charge in [-0.25, -0.2) is 0 Å². The van der Waals surface area contributed by atoms with Crippen LogP contribution in [0.1, 0.15) is 114 Å². The zero-order valence-electron chi connectivity index (χ0n) is 34.6. The zero-order chi connectivity index (χ0) is 38.9. The van der Waals surface area contributed by atoms with E-state index in [1.54, 1.807) is 0 Å². The monoisotopic (exact) mass is 726 g/mol. The molecule has 0 fully saturated rings. The Bertz CT molecular complexity index is 1930. The number of hydrogen-bond acceptors (Lipinski definition) is 3. The molecule has 2 aliphatic carbocycles. The molecule has 2 aliphatic rings. The fraction of sp³-hybridized carbons (Fsp3) is 0.440. The minimum absolute atomic E-state index is 0.0822. The number of benzene rings is 3. The summed E-state index contributed by atoms with van der Waals surface area (Å²) >= 11 is 0. The van der Waals surface area contributed by atoms with E-state index in [2.05, 4.69) is 132 Å². The van der Waals surface area contributed by atoms with Crippen molar-refractivity contribution in [2.75, 3.05) is 18.0 Å². The second kappa shape index (κ2) is 18.7. The van der Waals surface area contributed by atoms with Gasteiger partial charge in [-0.15, -0.1) is 0 Å². The number of aliphatic hydroxyl groups excluding tert-OH is 1. The molecule has 0 bridgehead atoms. The molecule has 3 aromatic rings. The smallest absolute Gasteiger partial charge is 0.208 e. The Morgan fingerprint density at radius 1 is 0.722 bits per heavy atom. The molecule has 0 aliphatic heterocycles. The van der Waals surface area contributed by atoms with Crippen LogP contribution in [0.25, 0.3) is 5.57 Å². The van der Waals surface area contributed by atoms with E-state index in [4.69, 9.17) is 0 Å². The van der Waals surface area contributed by atoms with Crippen molar-refractivity contribution >= 4 is 34.1 Å². The van der Waals surface area contributed by atoms with Crippen molar-refractivity contribution in [2.24, 2.45) is 17.8 Å². The lowest BCUT2D eigenvalue weighted by Crippen LogP contribution is -2.25. The van der Waals surface area contributed by atoms with Gasteiger partial charge in [0, 0.05) is 47.6 Å². The number of anilines is 2. The van der Waals surface area contributed by atoms with Gasteiger partial charge in [0.2, 0.25) is 17.2 Å². The van der Waals surface area contributed by atoms with Crippen molar-refractivity contribution < 1.29 is 14.5 Å². The van der Waals surface area contributed by atoms with Gasteiger partial charge < -0.3 is 10.0 Å². The van der Waals surface area contributed by atoms with E-state index in [9.17, 15) is 9.90 Å². The number of ketones is 1. The topological polar surface area (TPSA) is 43.5 Å². The highest BCUT2D eigenvalue weighted by molar-refractivity contribution is 6.39. The number of carbonyl (C=O) groups is 1. The zero-order valence-corrected chi connectivity index (χ0v) is 34.6. The summed E-state index contributed by atoms with van der Waals surface area (Å²) < 4.78 is 2.44. The van der Waals surface area contributed by atoms with Crippen LogP contribution in [0.15, 0.2) is 102 Å². The Morgan fingerprint density at radius 2 is 1.39 bits per heavy atom. The highest BCUT2D eigenvalue weighted by atomic mass is 16.3. The number of allylic oxidation sites excluding steroid dienone is 7. The van der Waals surface area contributed by atoms with Crippen LogP contribution in [-0.4, -0.2) is 34.3 Å². The molecule has 54 heavy (non-hydrogen) atoms. The normalized spacial score (nSPS) is 15.3. The summed E-state index contributed by atoms with van der Waals surface area (Å²) in [5.41, 5.74) is 12.0. The van der Waals surface area contributed by atoms with Crippen LogP contribution in [0.5, 0.6) is 0 Å². The number of carbonyl (C=O) groups excluding carboxylic acids is 1. The first-order valence-corrected chi connectivity index (χ1v) is 20.7. The lowest BCUT2D eigenvalue weighted by molar-refractivity contribution is -0.449. The van der Waals surface area contributed by atoms with Crippen molar-refractivity contribution in [3.05, 3.63) is 130 Å². The van der Waals surface area contributed by atoms with Crippen LogP contribution < -0.4 is 4.90 Å². The summed E-state index contributed by atoms with van der Waals surface area (Å²) in [6, 6.07) is 21.5. The molecular formula is C50H65N2O2+. The molecule has 5 rings (SSSR count). The minimum Gasteiger partial charge on any atom is -0.506 e. The van der Waals surface area contributed by atoms with Gasteiger partial charge in [-0.2, -0.15) is 4.58 Å². The molecule has 0 spiro atoms. The van der Waals surface area contributed by atoms with E-state index >= 15 is 0 Å². The maximum Gasteiger partial charge on any atom is 0.208 e. The molecule has 2 atom stereocenters. The first kappa shape index (κ1) is 40.7. The number of nitrogens with zero attached hydrogens (tertiary/aromatic N) is 2. The van der Waals surface area contributed by atoms with Gasteiger partial charge in [0.05, 0.1) is 11.1 Å². The third-order valence-electron chi connectivity index (χ3n) is 11.5. The Morgan fingerprint density at radius 3 is 1.98 bits per heavy atom. The predicted molar refractivity (Wildman–Crippen MR) is 231 cm³/mol. The maximum absolute atomic E-state index is 13.7. The molecule has 0 radical (unpaired) electrons.